The maximum Gasteiger partial charge on any atom is 0.105 e. The summed E-state index contributed by atoms with van der Waals surface area (Å²) in [4.78, 5) is 2.88. The highest BCUT2D eigenvalue weighted by Crippen LogP contribution is 2.32. The van der Waals surface area contributed by atoms with E-state index in [1.54, 1.807) is 16.7 Å². The quantitative estimate of drug-likeness (QED) is 0.852. The summed E-state index contributed by atoms with van der Waals surface area (Å²) in [5, 5.41) is 0. The van der Waals surface area contributed by atoms with Crippen molar-refractivity contribution in [1.29, 1.82) is 0 Å². The summed E-state index contributed by atoms with van der Waals surface area (Å²) in [6.45, 7) is 0. The highest BCUT2D eigenvalue weighted by molar-refractivity contribution is 7.12. The van der Waals surface area contributed by atoms with Gasteiger partial charge in [-0.05, 0) is 49.4 Å². The summed E-state index contributed by atoms with van der Waals surface area (Å²) in [6.07, 6.45) is 9.02. The third-order valence-corrected chi connectivity index (χ3v) is 5.00. The van der Waals surface area contributed by atoms with Crippen LogP contribution >= 0.6 is 11.3 Å². The Bertz CT molecular complexity index is 477. The van der Waals surface area contributed by atoms with Gasteiger partial charge in [0.05, 0.1) is 6.26 Å². The molecule has 2 nitrogen and oxygen atoms in total. The van der Waals surface area contributed by atoms with E-state index in [0.29, 0.717) is 0 Å². The van der Waals surface area contributed by atoms with Gasteiger partial charge in [-0.3, -0.25) is 0 Å². The van der Waals surface area contributed by atoms with Gasteiger partial charge in [0.1, 0.15) is 5.76 Å². The van der Waals surface area contributed by atoms with Crippen molar-refractivity contribution in [2.24, 2.45) is 5.73 Å². The van der Waals surface area contributed by atoms with Crippen molar-refractivity contribution in [3.63, 3.8) is 0 Å². The van der Waals surface area contributed by atoms with Gasteiger partial charge in [-0.2, -0.15) is 0 Å². The molecule has 1 unspecified atom stereocenters. The topological polar surface area (TPSA) is 39.2 Å². The van der Waals surface area contributed by atoms with Crippen LogP contribution in [-0.4, -0.2) is 0 Å². The SMILES string of the molecule is NC(Cc1ccco1)c1cc2c(s1)CCCCC2. The lowest BCUT2D eigenvalue weighted by molar-refractivity contribution is 0.490. The lowest BCUT2D eigenvalue weighted by atomic mass is 10.1. The minimum absolute atomic E-state index is 0.0769. The van der Waals surface area contributed by atoms with Crippen LogP contribution in [0.3, 0.4) is 0 Å². The Morgan fingerprint density at radius 1 is 1.28 bits per heavy atom. The highest BCUT2D eigenvalue weighted by Gasteiger charge is 2.17. The number of thiophene rings is 1. The summed E-state index contributed by atoms with van der Waals surface area (Å²) in [5.41, 5.74) is 7.83. The zero-order valence-electron chi connectivity index (χ0n) is 10.5. The summed E-state index contributed by atoms with van der Waals surface area (Å²) in [5.74, 6) is 0.978. The maximum absolute atomic E-state index is 6.29. The van der Waals surface area contributed by atoms with Crippen molar-refractivity contribution >= 4 is 11.3 Å². The third-order valence-electron chi connectivity index (χ3n) is 3.63. The van der Waals surface area contributed by atoms with E-state index in [2.05, 4.69) is 6.07 Å². The van der Waals surface area contributed by atoms with Crippen molar-refractivity contribution in [1.82, 2.24) is 0 Å². The normalized spacial score (nSPS) is 17.2. The third kappa shape index (κ3) is 2.52. The summed E-state index contributed by atoms with van der Waals surface area (Å²) >= 11 is 1.91. The molecule has 0 saturated carbocycles. The molecule has 2 N–H and O–H groups in total. The van der Waals surface area contributed by atoms with Gasteiger partial charge in [0.15, 0.2) is 0 Å². The zero-order valence-corrected chi connectivity index (χ0v) is 11.3. The molecule has 0 fully saturated rings. The predicted octanol–water partition coefficient (Wildman–Crippen LogP) is 3.85. The van der Waals surface area contributed by atoms with Crippen LogP contribution in [0.1, 0.15) is 46.4 Å². The van der Waals surface area contributed by atoms with Crippen LogP contribution in [0.4, 0.5) is 0 Å². The van der Waals surface area contributed by atoms with Gasteiger partial charge in [0, 0.05) is 22.2 Å². The van der Waals surface area contributed by atoms with Crippen molar-refractivity contribution in [2.45, 2.75) is 44.6 Å². The first kappa shape index (κ1) is 12.0. The van der Waals surface area contributed by atoms with Crippen LogP contribution in [-0.2, 0) is 19.3 Å². The molecule has 0 amide bonds. The van der Waals surface area contributed by atoms with E-state index in [-0.39, 0.29) is 6.04 Å². The molecule has 0 saturated heterocycles. The molecule has 3 rings (SSSR count). The molecular weight excluding hydrogens is 242 g/mol. The monoisotopic (exact) mass is 261 g/mol. The smallest absolute Gasteiger partial charge is 0.105 e. The second-order valence-electron chi connectivity index (χ2n) is 5.05. The van der Waals surface area contributed by atoms with Crippen molar-refractivity contribution in [3.05, 3.63) is 45.5 Å². The highest BCUT2D eigenvalue weighted by atomic mass is 32.1. The fraction of sp³-hybridized carbons (Fsp3) is 0.467. The molecule has 0 aromatic carbocycles. The molecule has 2 aromatic heterocycles. The van der Waals surface area contributed by atoms with Crippen molar-refractivity contribution < 1.29 is 4.42 Å². The van der Waals surface area contributed by atoms with Gasteiger partial charge in [0.25, 0.3) is 0 Å². The number of rotatable bonds is 3. The fourth-order valence-corrected chi connectivity index (χ4v) is 3.88. The number of nitrogens with two attached hydrogens (primary N) is 1. The number of fused-ring (bicyclic) bond motifs is 1. The van der Waals surface area contributed by atoms with Crippen LogP contribution in [0, 0.1) is 0 Å². The second-order valence-corrected chi connectivity index (χ2v) is 6.22. The van der Waals surface area contributed by atoms with E-state index in [0.717, 1.165) is 12.2 Å². The van der Waals surface area contributed by atoms with E-state index < -0.39 is 0 Å². The maximum atomic E-state index is 6.29. The van der Waals surface area contributed by atoms with Gasteiger partial charge in [0.2, 0.25) is 0 Å². The Morgan fingerprint density at radius 3 is 3.00 bits per heavy atom. The van der Waals surface area contributed by atoms with Crippen molar-refractivity contribution in [2.75, 3.05) is 0 Å². The molecule has 1 aliphatic carbocycles. The lowest BCUT2D eigenvalue weighted by Gasteiger charge is -2.07. The predicted molar refractivity (Wildman–Crippen MR) is 74.9 cm³/mol. The molecule has 2 heterocycles. The molecule has 1 atom stereocenters. The Kier molecular flexibility index (Phi) is 3.52. The molecular formula is C15H19NOS. The Labute approximate surface area is 112 Å². The summed E-state index contributed by atoms with van der Waals surface area (Å²) in [6, 6.07) is 6.33. The molecule has 0 spiro atoms. The summed E-state index contributed by atoms with van der Waals surface area (Å²) in [7, 11) is 0. The lowest BCUT2D eigenvalue weighted by Crippen LogP contribution is -2.11. The standard InChI is InChI=1S/C15H19NOS/c16-13(10-12-6-4-8-17-12)15-9-11-5-2-1-3-7-14(11)18-15/h4,6,8-9,13H,1-3,5,7,10,16H2. The van der Waals surface area contributed by atoms with Gasteiger partial charge < -0.3 is 10.2 Å². The van der Waals surface area contributed by atoms with Gasteiger partial charge in [-0.1, -0.05) is 6.42 Å². The minimum Gasteiger partial charge on any atom is -0.469 e. The zero-order chi connectivity index (χ0) is 12.4. The Morgan fingerprint density at radius 2 is 2.17 bits per heavy atom. The van der Waals surface area contributed by atoms with Gasteiger partial charge in [-0.25, -0.2) is 0 Å². The molecule has 18 heavy (non-hydrogen) atoms. The molecule has 3 heteroatoms. The number of hydrogen-bond donors (Lipinski definition) is 1. The molecule has 0 aliphatic heterocycles. The largest absolute Gasteiger partial charge is 0.469 e. The van der Waals surface area contributed by atoms with Gasteiger partial charge >= 0.3 is 0 Å². The van der Waals surface area contributed by atoms with E-state index in [4.69, 9.17) is 10.2 Å². The average molecular weight is 261 g/mol. The molecule has 1 aliphatic rings. The number of hydrogen-bond acceptors (Lipinski definition) is 3. The molecule has 96 valence electrons. The van der Waals surface area contributed by atoms with Crippen LogP contribution in [0.2, 0.25) is 0 Å². The van der Waals surface area contributed by atoms with E-state index >= 15 is 0 Å². The Hall–Kier alpha value is -1.06. The molecule has 0 radical (unpaired) electrons. The molecule has 2 aromatic rings. The van der Waals surface area contributed by atoms with Crippen LogP contribution in [0.25, 0.3) is 0 Å². The molecule has 0 bridgehead atoms. The Balaban J connectivity index is 1.76. The minimum atomic E-state index is 0.0769. The first-order chi connectivity index (χ1) is 8.83. The van der Waals surface area contributed by atoms with E-state index in [9.17, 15) is 0 Å². The second kappa shape index (κ2) is 5.29. The van der Waals surface area contributed by atoms with Crippen LogP contribution in [0.5, 0.6) is 0 Å². The first-order valence-corrected chi connectivity index (χ1v) is 7.54. The summed E-state index contributed by atoms with van der Waals surface area (Å²) < 4.78 is 5.37. The van der Waals surface area contributed by atoms with Gasteiger partial charge in [-0.15, -0.1) is 11.3 Å². The van der Waals surface area contributed by atoms with Crippen molar-refractivity contribution in [3.8, 4) is 0 Å². The fourth-order valence-electron chi connectivity index (χ4n) is 2.62. The average Bonchev–Trinajstić information content (AvgIpc) is 2.95. The number of aryl methyl sites for hydroxylation is 2. The first-order valence-electron chi connectivity index (χ1n) is 6.72. The van der Waals surface area contributed by atoms with Crippen LogP contribution in [0.15, 0.2) is 28.9 Å². The van der Waals surface area contributed by atoms with Crippen LogP contribution < -0.4 is 5.73 Å². The van der Waals surface area contributed by atoms with E-state index in [1.807, 2.05) is 23.5 Å². The number of furan rings is 1. The van der Waals surface area contributed by atoms with E-state index in [1.165, 1.54) is 37.0 Å².